The molecular weight excluding hydrogens is 216 g/mol. The molecule has 5 heteroatoms. The van der Waals surface area contributed by atoms with Crippen molar-refractivity contribution in [1.29, 1.82) is 0 Å². The summed E-state index contributed by atoms with van der Waals surface area (Å²) in [5, 5.41) is 0. The van der Waals surface area contributed by atoms with E-state index in [0.717, 1.165) is 19.6 Å². The highest BCUT2D eigenvalue weighted by Crippen LogP contribution is 2.25. The molecule has 0 aromatic heterocycles. The molecule has 1 amide bonds. The zero-order chi connectivity index (χ0) is 13.2. The lowest BCUT2D eigenvalue weighted by atomic mass is 9.92. The van der Waals surface area contributed by atoms with Crippen LogP contribution in [0.2, 0.25) is 0 Å². The van der Waals surface area contributed by atoms with Crippen molar-refractivity contribution in [1.82, 2.24) is 15.2 Å². The number of hydrogen-bond donors (Lipinski definition) is 2. The third-order valence-corrected chi connectivity index (χ3v) is 3.68. The normalized spacial score (nSPS) is 26.5. The van der Waals surface area contributed by atoms with E-state index in [1.54, 1.807) is 0 Å². The minimum atomic E-state index is -0.435. The highest BCUT2D eigenvalue weighted by molar-refractivity contribution is 5.81. The number of carbonyl (C=O) groups excluding carboxylic acids is 1. The van der Waals surface area contributed by atoms with Crippen LogP contribution in [-0.4, -0.2) is 55.5 Å². The largest absolute Gasteiger partial charge is 0.305 e. The summed E-state index contributed by atoms with van der Waals surface area (Å²) >= 11 is 0. The number of carbonyl (C=O) groups is 1. The number of likely N-dealkylation sites (N-methyl/N-ethyl adjacent to an activating group) is 1. The Balaban J connectivity index is 2.58. The topological polar surface area (TPSA) is 61.6 Å². The van der Waals surface area contributed by atoms with Crippen LogP contribution in [0.5, 0.6) is 0 Å². The van der Waals surface area contributed by atoms with Crippen LogP contribution in [0.4, 0.5) is 0 Å². The predicted molar refractivity (Wildman–Crippen MR) is 69.2 cm³/mol. The quantitative estimate of drug-likeness (QED) is 0.410. The van der Waals surface area contributed by atoms with Crippen LogP contribution in [0, 0.1) is 11.3 Å². The molecule has 17 heavy (non-hydrogen) atoms. The molecule has 0 radical (unpaired) electrons. The monoisotopic (exact) mass is 242 g/mol. The van der Waals surface area contributed by atoms with E-state index < -0.39 is 5.41 Å². The van der Waals surface area contributed by atoms with E-state index in [1.807, 2.05) is 13.8 Å². The molecule has 0 saturated carbocycles. The van der Waals surface area contributed by atoms with Crippen LogP contribution in [-0.2, 0) is 4.79 Å². The molecule has 2 unspecified atom stereocenters. The van der Waals surface area contributed by atoms with Gasteiger partial charge in [-0.15, -0.1) is 0 Å². The smallest absolute Gasteiger partial charge is 0.240 e. The molecule has 5 nitrogen and oxygen atoms in total. The molecule has 2 atom stereocenters. The maximum absolute atomic E-state index is 11.6. The fraction of sp³-hybridized carbons (Fsp3) is 0.917. The molecule has 1 fully saturated rings. The van der Waals surface area contributed by atoms with Crippen molar-refractivity contribution in [2.75, 3.05) is 33.7 Å². The van der Waals surface area contributed by atoms with Crippen LogP contribution in [0.3, 0.4) is 0 Å². The van der Waals surface area contributed by atoms with Crippen molar-refractivity contribution in [2.45, 2.75) is 26.8 Å². The Morgan fingerprint density at radius 2 is 2.06 bits per heavy atom. The Hall–Kier alpha value is -0.650. The Kier molecular flexibility index (Phi) is 4.52. The number of hydrazine groups is 1. The highest BCUT2D eigenvalue weighted by Gasteiger charge is 2.36. The summed E-state index contributed by atoms with van der Waals surface area (Å²) in [5.74, 6) is 5.75. The van der Waals surface area contributed by atoms with Gasteiger partial charge in [-0.25, -0.2) is 5.84 Å². The van der Waals surface area contributed by atoms with Gasteiger partial charge in [-0.1, -0.05) is 6.92 Å². The van der Waals surface area contributed by atoms with Gasteiger partial charge in [0.25, 0.3) is 0 Å². The number of amides is 1. The Labute approximate surface area is 104 Å². The Morgan fingerprint density at radius 1 is 1.47 bits per heavy atom. The summed E-state index contributed by atoms with van der Waals surface area (Å²) in [5.41, 5.74) is 1.81. The standard InChI is InChI=1S/C12H26N4O/c1-9-6-16(7-10(9)15(4)5)8-12(2,3)11(17)14-13/h9-10H,6-8,13H2,1-5H3,(H,14,17). The van der Waals surface area contributed by atoms with Crippen molar-refractivity contribution in [3.8, 4) is 0 Å². The summed E-state index contributed by atoms with van der Waals surface area (Å²) in [6.45, 7) is 8.96. The molecular formula is C12H26N4O. The molecule has 1 aliphatic heterocycles. The Morgan fingerprint density at radius 3 is 2.47 bits per heavy atom. The third-order valence-electron chi connectivity index (χ3n) is 3.68. The van der Waals surface area contributed by atoms with Gasteiger partial charge in [-0.2, -0.15) is 0 Å². The maximum Gasteiger partial charge on any atom is 0.240 e. The number of nitrogens with zero attached hydrogens (tertiary/aromatic N) is 2. The van der Waals surface area contributed by atoms with Gasteiger partial charge in [-0.3, -0.25) is 10.2 Å². The molecule has 0 spiro atoms. The Bertz CT molecular complexity index is 278. The average molecular weight is 242 g/mol. The van der Waals surface area contributed by atoms with Crippen LogP contribution in [0.15, 0.2) is 0 Å². The first-order valence-corrected chi connectivity index (χ1v) is 6.17. The SMILES string of the molecule is CC1CN(CC(C)(C)C(=O)NN)CC1N(C)C. The maximum atomic E-state index is 11.6. The van der Waals surface area contributed by atoms with Crippen molar-refractivity contribution in [2.24, 2.45) is 17.2 Å². The van der Waals surface area contributed by atoms with Crippen LogP contribution in [0.25, 0.3) is 0 Å². The molecule has 0 aliphatic carbocycles. The minimum Gasteiger partial charge on any atom is -0.305 e. The van der Waals surface area contributed by atoms with Crippen LogP contribution >= 0.6 is 0 Å². The van der Waals surface area contributed by atoms with E-state index in [9.17, 15) is 4.79 Å². The van der Waals surface area contributed by atoms with Gasteiger partial charge >= 0.3 is 0 Å². The van der Waals surface area contributed by atoms with E-state index in [4.69, 9.17) is 5.84 Å². The fourth-order valence-electron chi connectivity index (χ4n) is 2.68. The van der Waals surface area contributed by atoms with E-state index >= 15 is 0 Å². The molecule has 3 N–H and O–H groups in total. The fourth-order valence-corrected chi connectivity index (χ4v) is 2.68. The molecule has 1 heterocycles. The molecule has 1 rings (SSSR count). The first-order valence-electron chi connectivity index (χ1n) is 6.17. The van der Waals surface area contributed by atoms with Gasteiger partial charge in [0.15, 0.2) is 0 Å². The van der Waals surface area contributed by atoms with E-state index in [0.29, 0.717) is 12.0 Å². The van der Waals surface area contributed by atoms with Crippen molar-refractivity contribution in [3.05, 3.63) is 0 Å². The van der Waals surface area contributed by atoms with Crippen molar-refractivity contribution in [3.63, 3.8) is 0 Å². The number of hydrogen-bond acceptors (Lipinski definition) is 4. The van der Waals surface area contributed by atoms with Crippen molar-refractivity contribution < 1.29 is 4.79 Å². The zero-order valence-corrected chi connectivity index (χ0v) is 11.7. The van der Waals surface area contributed by atoms with Crippen molar-refractivity contribution >= 4 is 5.91 Å². The van der Waals surface area contributed by atoms with Gasteiger partial charge in [0.05, 0.1) is 5.41 Å². The lowest BCUT2D eigenvalue weighted by molar-refractivity contribution is -0.130. The third kappa shape index (κ3) is 3.40. The number of nitrogens with two attached hydrogens (primary N) is 1. The highest BCUT2D eigenvalue weighted by atomic mass is 16.2. The van der Waals surface area contributed by atoms with Crippen LogP contribution < -0.4 is 11.3 Å². The molecule has 100 valence electrons. The van der Waals surface area contributed by atoms with Gasteiger partial charge in [-0.05, 0) is 33.9 Å². The second-order valence-corrected chi connectivity index (χ2v) is 6.06. The minimum absolute atomic E-state index is 0.0987. The first-order chi connectivity index (χ1) is 7.77. The molecule has 1 aliphatic rings. The van der Waals surface area contributed by atoms with E-state index in [1.165, 1.54) is 0 Å². The second-order valence-electron chi connectivity index (χ2n) is 6.06. The predicted octanol–water partition coefficient (Wildman–Crippen LogP) is -0.116. The summed E-state index contributed by atoms with van der Waals surface area (Å²) in [6.07, 6.45) is 0. The number of nitrogens with one attached hydrogen (secondary N) is 1. The molecule has 0 aromatic carbocycles. The summed E-state index contributed by atoms with van der Waals surface area (Å²) in [4.78, 5) is 16.3. The molecule has 0 aromatic rings. The average Bonchev–Trinajstić information content (AvgIpc) is 2.57. The van der Waals surface area contributed by atoms with Crippen LogP contribution in [0.1, 0.15) is 20.8 Å². The number of rotatable bonds is 4. The number of likely N-dealkylation sites (tertiary alicyclic amines) is 1. The van der Waals surface area contributed by atoms with Gasteiger partial charge < -0.3 is 9.80 Å². The molecule has 0 bridgehead atoms. The van der Waals surface area contributed by atoms with Gasteiger partial charge in [0.2, 0.25) is 5.91 Å². The lowest BCUT2D eigenvalue weighted by Gasteiger charge is -2.28. The van der Waals surface area contributed by atoms with E-state index in [2.05, 4.69) is 36.2 Å². The zero-order valence-electron chi connectivity index (χ0n) is 11.7. The molecule has 1 saturated heterocycles. The summed E-state index contributed by atoms with van der Waals surface area (Å²) in [6, 6.07) is 0.576. The second kappa shape index (κ2) is 5.33. The van der Waals surface area contributed by atoms with Gasteiger partial charge in [0, 0.05) is 25.7 Å². The summed E-state index contributed by atoms with van der Waals surface area (Å²) < 4.78 is 0. The first kappa shape index (κ1) is 14.4. The lowest BCUT2D eigenvalue weighted by Crippen LogP contribution is -2.47. The summed E-state index contributed by atoms with van der Waals surface area (Å²) in [7, 11) is 4.23. The van der Waals surface area contributed by atoms with Gasteiger partial charge in [0.1, 0.15) is 0 Å². The van der Waals surface area contributed by atoms with E-state index in [-0.39, 0.29) is 5.91 Å².